The number of Topliss-reactive ketones (excluding diaryl/α,β-unsaturated/α-hetero) is 2. The summed E-state index contributed by atoms with van der Waals surface area (Å²) >= 11 is 0. The van der Waals surface area contributed by atoms with Crippen molar-refractivity contribution in [3.05, 3.63) is 46.1 Å². The molecule has 1 saturated heterocycles. The monoisotopic (exact) mass is 696 g/mol. The fraction of sp³-hybridized carbons (Fsp3) is 0.707. The van der Waals surface area contributed by atoms with E-state index in [1.54, 1.807) is 13.0 Å². The van der Waals surface area contributed by atoms with Crippen LogP contribution in [0.3, 0.4) is 0 Å². The largest absolute Gasteiger partial charge is 0.469 e. The highest BCUT2D eigenvalue weighted by Gasteiger charge is 2.60. The second kappa shape index (κ2) is 15.5. The average molecular weight is 697 g/mol. The van der Waals surface area contributed by atoms with Gasteiger partial charge in [0.1, 0.15) is 11.4 Å². The zero-order valence-electron chi connectivity index (χ0n) is 31.6. The van der Waals surface area contributed by atoms with Gasteiger partial charge in [-0.25, -0.2) is 0 Å². The Morgan fingerprint density at radius 2 is 1.64 bits per heavy atom. The Hall–Kier alpha value is -2.72. The van der Waals surface area contributed by atoms with E-state index in [4.69, 9.17) is 9.47 Å². The highest BCUT2D eigenvalue weighted by molar-refractivity contribution is 6.02. The molecule has 4 rings (SSSR count). The van der Waals surface area contributed by atoms with Gasteiger partial charge in [-0.15, -0.1) is 0 Å². The number of rotatable bonds is 2. The van der Waals surface area contributed by atoms with Gasteiger partial charge in [-0.05, 0) is 110 Å². The second-order valence-corrected chi connectivity index (χ2v) is 16.5. The van der Waals surface area contributed by atoms with Gasteiger partial charge in [0.2, 0.25) is 0 Å². The summed E-state index contributed by atoms with van der Waals surface area (Å²) in [7, 11) is 1.26. The Morgan fingerprint density at radius 1 is 0.960 bits per heavy atom. The minimum atomic E-state index is -1.71. The molecule has 278 valence electrons. The summed E-state index contributed by atoms with van der Waals surface area (Å²) in [6.07, 6.45) is 5.05. The van der Waals surface area contributed by atoms with E-state index in [0.29, 0.717) is 49.7 Å². The van der Waals surface area contributed by atoms with Gasteiger partial charge in [0, 0.05) is 30.6 Å². The van der Waals surface area contributed by atoms with E-state index < -0.39 is 58.7 Å². The number of hydrogen-bond donors (Lipinski definition) is 3. The maximum atomic E-state index is 14.6. The zero-order valence-corrected chi connectivity index (χ0v) is 31.6. The maximum Gasteiger partial charge on any atom is 0.313 e. The minimum absolute atomic E-state index is 0.00952. The van der Waals surface area contributed by atoms with Crippen LogP contribution in [0.2, 0.25) is 0 Å². The number of aliphatic hydroxyl groups is 3. The van der Waals surface area contributed by atoms with Crippen LogP contribution in [0.5, 0.6) is 0 Å². The molecule has 2 aliphatic heterocycles. The third-order valence-electron chi connectivity index (χ3n) is 12.4. The van der Waals surface area contributed by atoms with E-state index in [2.05, 4.69) is 0 Å². The number of esters is 1. The lowest BCUT2D eigenvalue weighted by atomic mass is 9.53. The zero-order chi connectivity index (χ0) is 37.3. The van der Waals surface area contributed by atoms with E-state index in [1.807, 2.05) is 53.7 Å². The van der Waals surface area contributed by atoms with Crippen LogP contribution in [0.4, 0.5) is 0 Å². The molecular formula is C41H60O9. The predicted molar refractivity (Wildman–Crippen MR) is 191 cm³/mol. The highest BCUT2D eigenvalue weighted by atomic mass is 16.5. The Morgan fingerprint density at radius 3 is 2.28 bits per heavy atom. The van der Waals surface area contributed by atoms with Gasteiger partial charge in [0.15, 0.2) is 11.6 Å². The minimum Gasteiger partial charge on any atom is -0.469 e. The topological polar surface area (TPSA) is 147 Å². The van der Waals surface area contributed by atoms with Crippen LogP contribution in [-0.4, -0.2) is 75.3 Å². The van der Waals surface area contributed by atoms with Crippen LogP contribution in [0, 0.1) is 29.1 Å². The van der Waals surface area contributed by atoms with Gasteiger partial charge < -0.3 is 24.8 Å². The van der Waals surface area contributed by atoms with Gasteiger partial charge in [-0.1, -0.05) is 48.3 Å². The summed E-state index contributed by atoms with van der Waals surface area (Å²) in [4.78, 5) is 57.1. The molecule has 9 nitrogen and oxygen atoms in total. The number of carbonyl (C=O) groups is 4. The van der Waals surface area contributed by atoms with Crippen molar-refractivity contribution in [3.8, 4) is 0 Å². The summed E-state index contributed by atoms with van der Waals surface area (Å²) in [5, 5.41) is 35.0. The first-order valence-electron chi connectivity index (χ1n) is 18.4. The first-order chi connectivity index (χ1) is 23.3. The van der Waals surface area contributed by atoms with Crippen molar-refractivity contribution >= 4 is 23.3 Å². The number of hydrogen-bond acceptors (Lipinski definition) is 9. The molecule has 0 saturated carbocycles. The Bertz CT molecular complexity index is 1480. The van der Waals surface area contributed by atoms with Crippen molar-refractivity contribution in [3.63, 3.8) is 0 Å². The molecule has 50 heavy (non-hydrogen) atoms. The molecule has 9 atom stereocenters. The molecule has 3 N–H and O–H groups in total. The lowest BCUT2D eigenvalue weighted by molar-refractivity contribution is -0.188. The molecule has 0 aromatic carbocycles. The molecule has 2 aliphatic carbocycles. The molecule has 4 aliphatic rings. The van der Waals surface area contributed by atoms with E-state index in [1.165, 1.54) is 14.0 Å². The molecule has 1 fully saturated rings. The molecule has 9 heteroatoms. The summed E-state index contributed by atoms with van der Waals surface area (Å²) in [5.74, 6) is -4.13. The van der Waals surface area contributed by atoms with Gasteiger partial charge in [-0.2, -0.15) is 0 Å². The van der Waals surface area contributed by atoms with E-state index in [9.17, 15) is 34.5 Å². The molecule has 0 radical (unpaired) electrons. The van der Waals surface area contributed by atoms with Crippen molar-refractivity contribution in [2.75, 3.05) is 7.11 Å². The van der Waals surface area contributed by atoms with E-state index in [0.717, 1.165) is 16.7 Å². The van der Waals surface area contributed by atoms with Crippen LogP contribution >= 0.6 is 0 Å². The number of ether oxygens (including phenoxy) is 2. The number of allylic oxidation sites excluding steroid dienone is 7. The first-order valence-corrected chi connectivity index (χ1v) is 18.4. The van der Waals surface area contributed by atoms with Crippen molar-refractivity contribution in [2.24, 2.45) is 29.1 Å². The number of ketones is 3. The Balaban J connectivity index is 2.00. The van der Waals surface area contributed by atoms with Crippen LogP contribution in [0.1, 0.15) is 120 Å². The Labute approximate surface area is 298 Å². The summed E-state index contributed by atoms with van der Waals surface area (Å²) in [6, 6.07) is 0. The third kappa shape index (κ3) is 7.86. The highest BCUT2D eigenvalue weighted by Crippen LogP contribution is 2.55. The molecule has 2 heterocycles. The first kappa shape index (κ1) is 40.1. The van der Waals surface area contributed by atoms with Crippen molar-refractivity contribution in [1.29, 1.82) is 0 Å². The second-order valence-electron chi connectivity index (χ2n) is 16.5. The van der Waals surface area contributed by atoms with Crippen LogP contribution in [0.25, 0.3) is 0 Å². The van der Waals surface area contributed by atoms with E-state index >= 15 is 0 Å². The molecule has 0 spiro atoms. The summed E-state index contributed by atoms with van der Waals surface area (Å²) < 4.78 is 11.9. The van der Waals surface area contributed by atoms with Crippen molar-refractivity contribution in [2.45, 2.75) is 149 Å². The van der Waals surface area contributed by atoms with Crippen molar-refractivity contribution < 1.29 is 44.0 Å². The fourth-order valence-corrected chi connectivity index (χ4v) is 8.81. The quantitative estimate of drug-likeness (QED) is 0.231. The smallest absolute Gasteiger partial charge is 0.313 e. The molecule has 0 aromatic rings. The molecule has 0 unspecified atom stereocenters. The van der Waals surface area contributed by atoms with Gasteiger partial charge >= 0.3 is 5.97 Å². The normalized spacial score (nSPS) is 41.5. The fourth-order valence-electron chi connectivity index (χ4n) is 8.81. The molecule has 0 amide bonds. The van der Waals surface area contributed by atoms with Crippen LogP contribution < -0.4 is 0 Å². The van der Waals surface area contributed by atoms with Gasteiger partial charge in [0.25, 0.3) is 0 Å². The van der Waals surface area contributed by atoms with Gasteiger partial charge in [-0.3, -0.25) is 19.2 Å². The average Bonchev–Trinajstić information content (AvgIpc) is 3.47. The number of carbonyl (C=O) groups excluding carboxylic acids is 4. The van der Waals surface area contributed by atoms with Gasteiger partial charge in [0.05, 0.1) is 36.4 Å². The summed E-state index contributed by atoms with van der Waals surface area (Å²) in [6.45, 7) is 14.5. The number of fused-ring (bicyclic) bond motifs is 5. The predicted octanol–water partition coefficient (Wildman–Crippen LogP) is 6.09. The maximum absolute atomic E-state index is 14.6. The number of methoxy groups -OCH3 is 1. The summed E-state index contributed by atoms with van der Waals surface area (Å²) in [5.41, 5.74) is -0.648. The van der Waals surface area contributed by atoms with Crippen LogP contribution in [0.15, 0.2) is 46.1 Å². The van der Waals surface area contributed by atoms with E-state index in [-0.39, 0.29) is 49.0 Å². The third-order valence-corrected chi connectivity index (χ3v) is 12.4. The molecular weight excluding hydrogens is 636 g/mol. The lowest BCUT2D eigenvalue weighted by Crippen LogP contribution is -2.55. The van der Waals surface area contributed by atoms with Crippen molar-refractivity contribution in [1.82, 2.24) is 0 Å². The number of aliphatic hydroxyl groups excluding tert-OH is 2. The molecule has 0 aromatic heterocycles. The van der Waals surface area contributed by atoms with Crippen LogP contribution in [-0.2, 0) is 28.7 Å². The standard InChI is InChI=1S/C41H60O9/c1-23(2)28-20-32(42)26(5)12-10-11-24(3)18-33(43)31-19-27(6)29-21-36(46)40(8,48)37-15-16-39(7,50-37)35(45)14-13-25(4)17-30(29)41(31,22-34(28)44)38(47)49-9/h12,17-18,23,28,30-31,35-37,45-46,48H,10-11,13-16,19-22H2,1-9H3/b24-18-,25-17+,26-12+/t28-,30-,31+,35-,36-,37+,39-,40-,41-/m0/s1. The molecule has 2 bridgehead atoms. The SMILES string of the molecule is COC(=O)[C@]12CC(=O)[C@H](C(C)C)CC(=O)/C(C)=C/CC/C(C)=C\C(=O)[C@H]1CC(C)=C1C[C@H](O)[C@](C)(O)[C@H]3CC[C@](C)(O3)[C@@H](O)CC/C(C)=C/[C@@H]12. The Kier molecular flexibility index (Phi) is 12.4. The lowest BCUT2D eigenvalue weighted by Gasteiger charge is -2.48.